The zero-order chi connectivity index (χ0) is 14.6. The molecular weight excluding hydrogens is 263 g/mol. The summed E-state index contributed by atoms with van der Waals surface area (Å²) in [4.78, 5) is 10.0. The highest BCUT2D eigenvalue weighted by molar-refractivity contribution is 5.35. The summed E-state index contributed by atoms with van der Waals surface area (Å²) in [6.45, 7) is 0.734. The van der Waals surface area contributed by atoms with Crippen molar-refractivity contribution >= 4 is 5.69 Å². The Morgan fingerprint density at radius 1 is 1.30 bits per heavy atom. The van der Waals surface area contributed by atoms with Gasteiger partial charge in [-0.3, -0.25) is 10.1 Å². The summed E-state index contributed by atoms with van der Waals surface area (Å²) in [5.74, 6) is -0.618. The molecule has 1 aromatic carbocycles. The van der Waals surface area contributed by atoms with Crippen LogP contribution >= 0.6 is 0 Å². The van der Waals surface area contributed by atoms with E-state index in [1.54, 1.807) is 0 Å². The molecule has 0 aromatic heterocycles. The minimum atomic E-state index is -0.697. The van der Waals surface area contributed by atoms with Crippen LogP contribution in [0.3, 0.4) is 0 Å². The van der Waals surface area contributed by atoms with Gasteiger partial charge in [0.25, 0.3) is 5.69 Å². The van der Waals surface area contributed by atoms with E-state index in [1.807, 2.05) is 0 Å². The molecular formula is C14H19FN2O3. The van der Waals surface area contributed by atoms with E-state index in [-0.39, 0.29) is 5.69 Å². The summed E-state index contributed by atoms with van der Waals surface area (Å²) in [6.07, 6.45) is 4.72. The van der Waals surface area contributed by atoms with Crippen LogP contribution in [0.15, 0.2) is 18.2 Å². The van der Waals surface area contributed by atoms with E-state index in [2.05, 4.69) is 5.32 Å². The lowest BCUT2D eigenvalue weighted by molar-refractivity contribution is -0.385. The molecule has 0 atom stereocenters. The zero-order valence-corrected chi connectivity index (χ0v) is 11.3. The number of nitro groups is 1. The molecule has 110 valence electrons. The van der Waals surface area contributed by atoms with Crippen LogP contribution in [0.1, 0.15) is 37.7 Å². The highest BCUT2D eigenvalue weighted by Crippen LogP contribution is 2.27. The average molecular weight is 282 g/mol. The zero-order valence-electron chi connectivity index (χ0n) is 11.3. The Kier molecular flexibility index (Phi) is 4.67. The minimum Gasteiger partial charge on any atom is -0.389 e. The predicted molar refractivity (Wildman–Crippen MR) is 72.8 cm³/mol. The van der Waals surface area contributed by atoms with Gasteiger partial charge in [0.1, 0.15) is 5.82 Å². The van der Waals surface area contributed by atoms with Crippen molar-refractivity contribution in [1.82, 2.24) is 5.32 Å². The summed E-state index contributed by atoms with van der Waals surface area (Å²) in [6, 6.07) is 3.52. The summed E-state index contributed by atoms with van der Waals surface area (Å²) in [5.41, 5.74) is -0.438. The second kappa shape index (κ2) is 6.28. The van der Waals surface area contributed by atoms with Crippen molar-refractivity contribution in [3.8, 4) is 0 Å². The molecule has 1 aliphatic rings. The Balaban J connectivity index is 1.92. The number of nitrogens with zero attached hydrogens (tertiary/aromatic N) is 1. The molecule has 0 bridgehead atoms. The highest BCUT2D eigenvalue weighted by Gasteiger charge is 2.28. The lowest BCUT2D eigenvalue weighted by atomic mass is 9.85. The number of nitro benzene ring substituents is 1. The van der Waals surface area contributed by atoms with Crippen molar-refractivity contribution in [1.29, 1.82) is 0 Å². The van der Waals surface area contributed by atoms with E-state index in [0.717, 1.165) is 38.2 Å². The maximum absolute atomic E-state index is 13.3. The molecule has 6 heteroatoms. The number of aliphatic hydroxyl groups is 1. The molecule has 1 aromatic rings. The summed E-state index contributed by atoms with van der Waals surface area (Å²) < 4.78 is 13.3. The van der Waals surface area contributed by atoms with Gasteiger partial charge >= 0.3 is 0 Å². The molecule has 0 unspecified atom stereocenters. The summed E-state index contributed by atoms with van der Waals surface area (Å²) in [7, 11) is 0. The summed E-state index contributed by atoms with van der Waals surface area (Å²) in [5, 5.41) is 24.0. The van der Waals surface area contributed by atoms with E-state index in [1.165, 1.54) is 12.1 Å². The first kappa shape index (κ1) is 14.9. The lowest BCUT2D eigenvalue weighted by Crippen LogP contribution is -2.41. The Bertz CT molecular complexity index is 487. The normalized spacial score (nSPS) is 17.9. The smallest absolute Gasteiger partial charge is 0.272 e. The lowest BCUT2D eigenvalue weighted by Gasteiger charge is -2.32. The van der Waals surface area contributed by atoms with E-state index in [4.69, 9.17) is 0 Å². The van der Waals surface area contributed by atoms with Crippen LogP contribution < -0.4 is 5.32 Å². The second-order valence-corrected chi connectivity index (χ2v) is 5.46. The monoisotopic (exact) mass is 282 g/mol. The van der Waals surface area contributed by atoms with E-state index in [0.29, 0.717) is 18.7 Å². The molecule has 20 heavy (non-hydrogen) atoms. The first-order valence-electron chi connectivity index (χ1n) is 6.85. The maximum atomic E-state index is 13.3. The van der Waals surface area contributed by atoms with Gasteiger partial charge in [-0.15, -0.1) is 0 Å². The number of hydrogen-bond donors (Lipinski definition) is 2. The third-order valence-corrected chi connectivity index (χ3v) is 3.72. The van der Waals surface area contributed by atoms with Crippen LogP contribution in [0.2, 0.25) is 0 Å². The number of hydrogen-bond acceptors (Lipinski definition) is 4. The number of benzene rings is 1. The molecule has 0 radical (unpaired) electrons. The Labute approximate surface area is 117 Å². The highest BCUT2D eigenvalue weighted by atomic mass is 19.1. The van der Waals surface area contributed by atoms with Gasteiger partial charge in [0.15, 0.2) is 0 Å². The SMILES string of the molecule is O=[N+]([O-])c1cc(F)cc(CNCC2(O)CCCCC2)c1. The number of halogens is 1. The average Bonchev–Trinajstić information content (AvgIpc) is 2.38. The molecule has 0 amide bonds. The van der Waals surface area contributed by atoms with Crippen molar-refractivity contribution in [3.63, 3.8) is 0 Å². The van der Waals surface area contributed by atoms with Crippen molar-refractivity contribution in [2.45, 2.75) is 44.2 Å². The Morgan fingerprint density at radius 3 is 2.65 bits per heavy atom. The van der Waals surface area contributed by atoms with Crippen LogP contribution in [-0.2, 0) is 6.54 Å². The standard InChI is InChI=1S/C14H19FN2O3/c15-12-6-11(7-13(8-12)17(19)20)9-16-10-14(18)4-2-1-3-5-14/h6-8,16,18H,1-5,9-10H2. The van der Waals surface area contributed by atoms with Gasteiger partial charge in [0.05, 0.1) is 16.6 Å². The molecule has 0 spiro atoms. The van der Waals surface area contributed by atoms with E-state index < -0.39 is 16.3 Å². The molecule has 0 aliphatic heterocycles. The molecule has 2 rings (SSSR count). The van der Waals surface area contributed by atoms with E-state index >= 15 is 0 Å². The number of non-ortho nitro benzene ring substituents is 1. The van der Waals surface area contributed by atoms with Crippen LogP contribution in [0.25, 0.3) is 0 Å². The van der Waals surface area contributed by atoms with Crippen LogP contribution in [0.5, 0.6) is 0 Å². The molecule has 1 aliphatic carbocycles. The fraction of sp³-hybridized carbons (Fsp3) is 0.571. The first-order valence-corrected chi connectivity index (χ1v) is 6.85. The van der Waals surface area contributed by atoms with Crippen molar-refractivity contribution in [3.05, 3.63) is 39.7 Å². The van der Waals surface area contributed by atoms with Gasteiger partial charge in [-0.1, -0.05) is 19.3 Å². The van der Waals surface area contributed by atoms with Gasteiger partial charge in [-0.25, -0.2) is 4.39 Å². The van der Waals surface area contributed by atoms with Gasteiger partial charge < -0.3 is 10.4 Å². The number of rotatable bonds is 5. The van der Waals surface area contributed by atoms with E-state index in [9.17, 15) is 19.6 Å². The molecule has 0 saturated heterocycles. The van der Waals surface area contributed by atoms with Gasteiger partial charge in [0, 0.05) is 19.2 Å². The largest absolute Gasteiger partial charge is 0.389 e. The predicted octanol–water partition coefficient (Wildman–Crippen LogP) is 2.52. The second-order valence-electron chi connectivity index (χ2n) is 5.46. The minimum absolute atomic E-state index is 0.252. The van der Waals surface area contributed by atoms with Crippen LogP contribution in [0.4, 0.5) is 10.1 Å². The molecule has 1 saturated carbocycles. The van der Waals surface area contributed by atoms with Crippen LogP contribution in [-0.4, -0.2) is 22.2 Å². The molecule has 0 heterocycles. The Morgan fingerprint density at radius 2 is 2.00 bits per heavy atom. The molecule has 5 nitrogen and oxygen atoms in total. The quantitative estimate of drug-likeness (QED) is 0.642. The van der Waals surface area contributed by atoms with Crippen molar-refractivity contribution in [2.24, 2.45) is 0 Å². The van der Waals surface area contributed by atoms with Crippen molar-refractivity contribution < 1.29 is 14.4 Å². The third kappa shape index (κ3) is 3.98. The first-order chi connectivity index (χ1) is 9.48. The Hall–Kier alpha value is -1.53. The topological polar surface area (TPSA) is 75.4 Å². The third-order valence-electron chi connectivity index (χ3n) is 3.72. The number of nitrogens with one attached hydrogen (secondary N) is 1. The van der Waals surface area contributed by atoms with Gasteiger partial charge in [-0.05, 0) is 24.5 Å². The van der Waals surface area contributed by atoms with Crippen molar-refractivity contribution in [2.75, 3.05) is 6.54 Å². The molecule has 1 fully saturated rings. The van der Waals surface area contributed by atoms with Gasteiger partial charge in [0.2, 0.25) is 0 Å². The van der Waals surface area contributed by atoms with Gasteiger partial charge in [-0.2, -0.15) is 0 Å². The maximum Gasteiger partial charge on any atom is 0.272 e. The van der Waals surface area contributed by atoms with Crippen LogP contribution in [0, 0.1) is 15.9 Å². The fourth-order valence-electron chi connectivity index (χ4n) is 2.67. The fourth-order valence-corrected chi connectivity index (χ4v) is 2.67. The summed E-state index contributed by atoms with van der Waals surface area (Å²) >= 11 is 0. The molecule has 2 N–H and O–H groups in total.